The molecule has 4 rings (SSSR count). The van der Waals surface area contributed by atoms with Crippen LogP contribution in [0.5, 0.6) is 11.5 Å². The van der Waals surface area contributed by atoms with Gasteiger partial charge in [0.05, 0.1) is 16.8 Å². The molecule has 3 aromatic carbocycles. The van der Waals surface area contributed by atoms with Crippen molar-refractivity contribution in [3.8, 4) is 17.2 Å². The summed E-state index contributed by atoms with van der Waals surface area (Å²) in [5.41, 5.74) is 0.945. The van der Waals surface area contributed by atoms with Crippen molar-refractivity contribution in [2.75, 3.05) is 0 Å². The van der Waals surface area contributed by atoms with E-state index in [1.165, 1.54) is 6.07 Å². The predicted molar refractivity (Wildman–Crippen MR) is 135 cm³/mol. The Hall–Kier alpha value is -3.84. The van der Waals surface area contributed by atoms with E-state index in [1.807, 2.05) is 6.92 Å². The minimum atomic E-state index is -1.21. The lowest BCUT2D eigenvalue weighted by Gasteiger charge is -2.22. The van der Waals surface area contributed by atoms with Gasteiger partial charge < -0.3 is 14.4 Å². The molecular weight excluding hydrogens is 464 g/mol. The summed E-state index contributed by atoms with van der Waals surface area (Å²) in [7, 11) is 0. The molecule has 0 aliphatic heterocycles. The summed E-state index contributed by atoms with van der Waals surface area (Å²) < 4.78 is 35.4. The molecule has 1 N–H and O–H groups in total. The van der Waals surface area contributed by atoms with E-state index in [0.717, 1.165) is 12.1 Å². The molecule has 4 aromatic rings. The second kappa shape index (κ2) is 9.66. The van der Waals surface area contributed by atoms with Gasteiger partial charge in [-0.05, 0) is 69.2 Å². The van der Waals surface area contributed by atoms with Gasteiger partial charge in [0.2, 0.25) is 0 Å². The lowest BCUT2D eigenvalue weighted by Crippen LogP contribution is -2.17. The molecular formula is C29H27F2NO4. The standard InChI is InChI=1S/C29H27F2NO4/c1-5-6-25(33)18-7-10-21-23(13-18)32(16-17(2)28(21)34)24-14-19(29(3,4)35)8-11-27(24)36-26-12-9-20(30)15-22(26)31/h7-16,35H,5-6H2,1-4H3. The van der Waals surface area contributed by atoms with Crippen molar-refractivity contribution in [3.05, 3.63) is 99.3 Å². The molecule has 0 saturated carbocycles. The van der Waals surface area contributed by atoms with Gasteiger partial charge in [0, 0.05) is 35.2 Å². The summed E-state index contributed by atoms with van der Waals surface area (Å²) in [4.78, 5) is 25.6. The van der Waals surface area contributed by atoms with Crippen LogP contribution in [0.4, 0.5) is 8.78 Å². The van der Waals surface area contributed by atoms with E-state index in [1.54, 1.807) is 67.9 Å². The third kappa shape index (κ3) is 4.93. The Morgan fingerprint density at radius 3 is 2.42 bits per heavy atom. The molecule has 0 saturated heterocycles. The fraction of sp³-hybridized carbons (Fsp3) is 0.241. The van der Waals surface area contributed by atoms with Crippen LogP contribution in [0, 0.1) is 18.6 Å². The fourth-order valence-electron chi connectivity index (χ4n) is 4.05. The number of hydrogen-bond donors (Lipinski definition) is 1. The van der Waals surface area contributed by atoms with Crippen molar-refractivity contribution in [2.24, 2.45) is 0 Å². The van der Waals surface area contributed by atoms with Crippen LogP contribution in [0.3, 0.4) is 0 Å². The van der Waals surface area contributed by atoms with Gasteiger partial charge in [-0.3, -0.25) is 9.59 Å². The Bertz CT molecular complexity index is 1530. The van der Waals surface area contributed by atoms with Gasteiger partial charge in [-0.25, -0.2) is 8.78 Å². The maximum atomic E-state index is 14.4. The molecule has 0 radical (unpaired) electrons. The molecule has 0 atom stereocenters. The zero-order valence-electron chi connectivity index (χ0n) is 20.6. The Labute approximate surface area is 207 Å². The Morgan fingerprint density at radius 1 is 1.03 bits per heavy atom. The summed E-state index contributed by atoms with van der Waals surface area (Å²) in [6.07, 6.45) is 2.68. The van der Waals surface area contributed by atoms with Crippen LogP contribution in [0.25, 0.3) is 16.6 Å². The van der Waals surface area contributed by atoms with Crippen LogP contribution in [0.2, 0.25) is 0 Å². The van der Waals surface area contributed by atoms with E-state index in [2.05, 4.69) is 0 Å². The minimum Gasteiger partial charge on any atom is -0.452 e. The van der Waals surface area contributed by atoms with Gasteiger partial charge >= 0.3 is 0 Å². The zero-order valence-corrected chi connectivity index (χ0v) is 20.6. The van der Waals surface area contributed by atoms with Crippen molar-refractivity contribution in [1.82, 2.24) is 4.57 Å². The van der Waals surface area contributed by atoms with Crippen molar-refractivity contribution in [2.45, 2.75) is 46.1 Å². The van der Waals surface area contributed by atoms with E-state index in [0.29, 0.717) is 46.1 Å². The van der Waals surface area contributed by atoms with Gasteiger partial charge in [0.25, 0.3) is 0 Å². The van der Waals surface area contributed by atoms with Gasteiger partial charge in [0.1, 0.15) is 5.82 Å². The highest BCUT2D eigenvalue weighted by Crippen LogP contribution is 2.35. The van der Waals surface area contributed by atoms with Crippen molar-refractivity contribution in [3.63, 3.8) is 0 Å². The highest BCUT2D eigenvalue weighted by Gasteiger charge is 2.21. The number of rotatable bonds is 7. The number of ether oxygens (including phenoxy) is 1. The maximum absolute atomic E-state index is 14.4. The lowest BCUT2D eigenvalue weighted by molar-refractivity contribution is 0.0785. The fourth-order valence-corrected chi connectivity index (χ4v) is 4.05. The molecule has 186 valence electrons. The van der Waals surface area contributed by atoms with Crippen molar-refractivity contribution in [1.29, 1.82) is 0 Å². The van der Waals surface area contributed by atoms with E-state index in [-0.39, 0.29) is 22.7 Å². The first-order valence-electron chi connectivity index (χ1n) is 11.7. The number of nitrogens with zero attached hydrogens (tertiary/aromatic N) is 1. The number of aryl methyl sites for hydroxylation is 1. The largest absolute Gasteiger partial charge is 0.452 e. The third-order valence-electron chi connectivity index (χ3n) is 6.02. The van der Waals surface area contributed by atoms with E-state index in [9.17, 15) is 23.5 Å². The first-order valence-corrected chi connectivity index (χ1v) is 11.7. The van der Waals surface area contributed by atoms with Gasteiger partial charge in [0.15, 0.2) is 28.5 Å². The number of benzene rings is 3. The highest BCUT2D eigenvalue weighted by atomic mass is 19.1. The van der Waals surface area contributed by atoms with E-state index < -0.39 is 17.2 Å². The average molecular weight is 492 g/mol. The second-order valence-corrected chi connectivity index (χ2v) is 9.33. The second-order valence-electron chi connectivity index (χ2n) is 9.33. The molecule has 0 unspecified atom stereocenters. The molecule has 1 aromatic heterocycles. The summed E-state index contributed by atoms with van der Waals surface area (Å²) in [6.45, 7) is 6.85. The molecule has 36 heavy (non-hydrogen) atoms. The Morgan fingerprint density at radius 2 is 1.75 bits per heavy atom. The summed E-state index contributed by atoms with van der Waals surface area (Å²) in [5.74, 6) is -1.63. The molecule has 0 aliphatic rings. The van der Waals surface area contributed by atoms with Crippen LogP contribution in [0.1, 0.15) is 55.1 Å². The summed E-state index contributed by atoms with van der Waals surface area (Å²) >= 11 is 0. The molecule has 1 heterocycles. The topological polar surface area (TPSA) is 68.5 Å². The first-order chi connectivity index (χ1) is 17.0. The highest BCUT2D eigenvalue weighted by molar-refractivity contribution is 5.99. The molecule has 0 fully saturated rings. The van der Waals surface area contributed by atoms with Crippen molar-refractivity contribution < 1.29 is 23.4 Å². The first kappa shape index (κ1) is 25.3. The monoisotopic (exact) mass is 491 g/mol. The van der Waals surface area contributed by atoms with Crippen LogP contribution < -0.4 is 10.2 Å². The molecule has 0 bridgehead atoms. The predicted octanol–water partition coefficient (Wildman–Crippen LogP) is 6.58. The van der Waals surface area contributed by atoms with E-state index >= 15 is 0 Å². The van der Waals surface area contributed by atoms with E-state index in [4.69, 9.17) is 4.74 Å². The number of fused-ring (bicyclic) bond motifs is 1. The Kier molecular flexibility index (Phi) is 6.78. The molecule has 0 spiro atoms. The minimum absolute atomic E-state index is 0.0472. The Balaban J connectivity index is 2.01. The number of Topliss-reactive ketones (excluding diaryl/α,β-unsaturated/α-hetero) is 1. The summed E-state index contributed by atoms with van der Waals surface area (Å²) in [5, 5.41) is 11.1. The van der Waals surface area contributed by atoms with Gasteiger partial charge in [-0.15, -0.1) is 0 Å². The lowest BCUT2D eigenvalue weighted by atomic mass is 9.97. The quantitative estimate of drug-likeness (QED) is 0.297. The van der Waals surface area contributed by atoms with Gasteiger partial charge in [-0.2, -0.15) is 0 Å². The number of halogens is 2. The van der Waals surface area contributed by atoms with Gasteiger partial charge in [-0.1, -0.05) is 19.1 Å². The SMILES string of the molecule is CCCC(=O)c1ccc2c(=O)c(C)cn(-c3cc(C(C)(C)O)ccc3Oc3ccc(F)cc3F)c2c1. The van der Waals surface area contributed by atoms with Crippen LogP contribution in [-0.2, 0) is 5.60 Å². The molecule has 5 nitrogen and oxygen atoms in total. The van der Waals surface area contributed by atoms with Crippen molar-refractivity contribution >= 4 is 16.7 Å². The van der Waals surface area contributed by atoms with Crippen LogP contribution in [0.15, 0.2) is 65.6 Å². The third-order valence-corrected chi connectivity index (χ3v) is 6.02. The average Bonchev–Trinajstić information content (AvgIpc) is 2.82. The summed E-state index contributed by atoms with van der Waals surface area (Å²) in [6, 6.07) is 12.8. The zero-order chi connectivity index (χ0) is 26.2. The number of carbonyl (C=O) groups excluding carboxylic acids is 1. The number of carbonyl (C=O) groups is 1. The number of aliphatic hydroxyl groups is 1. The number of aromatic nitrogens is 1. The van der Waals surface area contributed by atoms with Crippen LogP contribution >= 0.6 is 0 Å². The number of hydrogen-bond acceptors (Lipinski definition) is 4. The molecule has 0 aliphatic carbocycles. The maximum Gasteiger partial charge on any atom is 0.192 e. The number of pyridine rings is 1. The number of ketones is 1. The molecule has 0 amide bonds. The molecule has 7 heteroatoms. The normalized spacial score (nSPS) is 11.6. The van der Waals surface area contributed by atoms with Crippen LogP contribution in [-0.4, -0.2) is 15.5 Å². The smallest absolute Gasteiger partial charge is 0.192 e.